The van der Waals surface area contributed by atoms with Gasteiger partial charge in [-0.1, -0.05) is 217 Å². The normalized spacial score (nSPS) is 25.5. The van der Waals surface area contributed by atoms with E-state index in [2.05, 4.69) is 50.3 Å². The van der Waals surface area contributed by atoms with E-state index >= 15 is 0 Å². The van der Waals surface area contributed by atoms with Crippen LogP contribution < -0.4 is 0 Å². The molecular formula is C58H104O14. The lowest BCUT2D eigenvalue weighted by Crippen LogP contribution is -2.61. The summed E-state index contributed by atoms with van der Waals surface area (Å²) in [5.74, 6) is -0.453. The summed E-state index contributed by atoms with van der Waals surface area (Å²) in [7, 11) is 0. The van der Waals surface area contributed by atoms with E-state index in [0.29, 0.717) is 13.0 Å². The second kappa shape index (κ2) is 45.2. The van der Waals surface area contributed by atoms with Crippen molar-refractivity contribution in [1.29, 1.82) is 0 Å². The van der Waals surface area contributed by atoms with Crippen LogP contribution in [-0.2, 0) is 33.2 Å². The molecule has 0 saturated carbocycles. The molecule has 0 amide bonds. The third kappa shape index (κ3) is 31.7. The van der Waals surface area contributed by atoms with E-state index < -0.39 is 86.7 Å². The second-order valence-electron chi connectivity index (χ2n) is 20.1. The van der Waals surface area contributed by atoms with Gasteiger partial charge in [-0.15, -0.1) is 0 Å². The maximum atomic E-state index is 13.0. The second-order valence-corrected chi connectivity index (χ2v) is 20.1. The van der Waals surface area contributed by atoms with Crippen LogP contribution in [0.15, 0.2) is 48.6 Å². The summed E-state index contributed by atoms with van der Waals surface area (Å²) in [5, 5.41) is 72.2. The lowest BCUT2D eigenvalue weighted by molar-refractivity contribution is -0.332. The summed E-state index contributed by atoms with van der Waals surface area (Å²) in [4.78, 5) is 13.0. The number of esters is 1. The minimum Gasteiger partial charge on any atom is -0.457 e. The molecule has 2 saturated heterocycles. The van der Waals surface area contributed by atoms with Crippen LogP contribution in [0.4, 0.5) is 0 Å². The van der Waals surface area contributed by atoms with E-state index in [1.165, 1.54) is 141 Å². The molecule has 2 fully saturated rings. The average Bonchev–Trinajstić information content (AvgIpc) is 3.38. The number of rotatable bonds is 46. The van der Waals surface area contributed by atoms with Crippen LogP contribution in [0.25, 0.3) is 0 Å². The average molecular weight is 1030 g/mol. The molecule has 2 aliphatic rings. The molecule has 0 radical (unpaired) electrons. The minimum absolute atomic E-state index is 0.0345. The molecule has 2 heterocycles. The van der Waals surface area contributed by atoms with Gasteiger partial charge in [0.25, 0.3) is 0 Å². The van der Waals surface area contributed by atoms with Gasteiger partial charge in [0.1, 0.15) is 54.9 Å². The first-order valence-corrected chi connectivity index (χ1v) is 28.7. The van der Waals surface area contributed by atoms with Crippen molar-refractivity contribution in [2.45, 2.75) is 280 Å². The summed E-state index contributed by atoms with van der Waals surface area (Å²) < 4.78 is 34.2. The molecule has 72 heavy (non-hydrogen) atoms. The number of aliphatic hydroxyl groups is 7. The molecule has 2 rings (SSSR count). The number of allylic oxidation sites excluding steroid dienone is 8. The highest BCUT2D eigenvalue weighted by Gasteiger charge is 2.47. The van der Waals surface area contributed by atoms with Crippen LogP contribution in [-0.4, -0.2) is 142 Å². The largest absolute Gasteiger partial charge is 0.457 e. The standard InChI is InChI=1S/C58H104O14/c1-3-5-7-9-11-13-15-17-18-19-20-21-22-23-24-25-26-27-28-30-32-34-36-38-40-42-67-44-47(70-50(60)41-39-37-35-33-31-29-16-14-12-10-8-6-4-2)45-68-57-56(66)54(64)52(62)49(72-57)46-69-58-55(65)53(63)51(61)48(43-59)71-58/h6,8,12,14,29,31,35,37,47-49,51-59,61-66H,3-5,7,9-11,13,15-28,30,32-34,36,38-46H2,1-2H3/b8-6-,14-12-,31-29-,37-35-. The van der Waals surface area contributed by atoms with Crippen molar-refractivity contribution in [3.63, 3.8) is 0 Å². The monoisotopic (exact) mass is 1020 g/mol. The third-order valence-corrected chi connectivity index (χ3v) is 13.6. The zero-order chi connectivity index (χ0) is 52.3. The molecular weight excluding hydrogens is 921 g/mol. The molecule has 420 valence electrons. The SMILES string of the molecule is CC/C=C\C/C=C\C/C=C\C/C=C\CCC(=O)OC(COCCCCCCCCCCCCCCCCCCCCCCCCCCC)COC1OC(COC2OC(CO)C(O)C(O)C2O)C(O)C(O)C1O. The van der Waals surface area contributed by atoms with Crippen molar-refractivity contribution in [2.24, 2.45) is 0 Å². The molecule has 7 N–H and O–H groups in total. The van der Waals surface area contributed by atoms with Gasteiger partial charge in [0.05, 0.1) is 26.4 Å². The highest BCUT2D eigenvalue weighted by Crippen LogP contribution is 2.27. The summed E-state index contributed by atoms with van der Waals surface area (Å²) in [6.07, 6.45) is 37.9. The van der Waals surface area contributed by atoms with Gasteiger partial charge in [-0.2, -0.15) is 0 Å². The first kappa shape index (κ1) is 66.1. The maximum absolute atomic E-state index is 13.0. The Morgan fingerprint density at radius 1 is 0.472 bits per heavy atom. The highest BCUT2D eigenvalue weighted by atomic mass is 16.7. The van der Waals surface area contributed by atoms with E-state index in [4.69, 9.17) is 28.4 Å². The Bertz CT molecular complexity index is 1370. The van der Waals surface area contributed by atoms with Crippen LogP contribution in [0.3, 0.4) is 0 Å². The van der Waals surface area contributed by atoms with Crippen molar-refractivity contribution in [3.8, 4) is 0 Å². The topological polar surface area (TPSA) is 214 Å². The third-order valence-electron chi connectivity index (χ3n) is 13.6. The number of carbonyl (C=O) groups is 1. The minimum atomic E-state index is -1.72. The van der Waals surface area contributed by atoms with Gasteiger partial charge in [0.15, 0.2) is 12.6 Å². The van der Waals surface area contributed by atoms with Gasteiger partial charge < -0.3 is 64.2 Å². The predicted octanol–water partition coefficient (Wildman–Crippen LogP) is 9.91. The Balaban J connectivity index is 1.68. The van der Waals surface area contributed by atoms with Gasteiger partial charge >= 0.3 is 5.97 Å². The maximum Gasteiger partial charge on any atom is 0.306 e. The summed E-state index contributed by atoms with van der Waals surface area (Å²) in [5.41, 5.74) is 0. The van der Waals surface area contributed by atoms with E-state index in [-0.39, 0.29) is 19.6 Å². The lowest BCUT2D eigenvalue weighted by atomic mass is 9.98. The Morgan fingerprint density at radius 3 is 1.33 bits per heavy atom. The Morgan fingerprint density at radius 2 is 0.875 bits per heavy atom. The molecule has 0 spiro atoms. The molecule has 0 bridgehead atoms. The van der Waals surface area contributed by atoms with Crippen LogP contribution >= 0.6 is 0 Å². The van der Waals surface area contributed by atoms with E-state index in [9.17, 15) is 40.5 Å². The molecule has 0 aliphatic carbocycles. The zero-order valence-electron chi connectivity index (χ0n) is 44.9. The van der Waals surface area contributed by atoms with Crippen molar-refractivity contribution < 1.29 is 69.0 Å². The van der Waals surface area contributed by atoms with E-state index in [1.807, 2.05) is 12.2 Å². The van der Waals surface area contributed by atoms with Crippen LogP contribution in [0.2, 0.25) is 0 Å². The predicted molar refractivity (Wildman–Crippen MR) is 284 cm³/mol. The summed E-state index contributed by atoms with van der Waals surface area (Å²) in [6, 6.07) is 0. The molecule has 11 unspecified atom stereocenters. The fourth-order valence-corrected chi connectivity index (χ4v) is 9.01. The van der Waals surface area contributed by atoms with Gasteiger partial charge in [-0.05, 0) is 38.5 Å². The lowest BCUT2D eigenvalue weighted by Gasteiger charge is -2.42. The van der Waals surface area contributed by atoms with Crippen LogP contribution in [0, 0.1) is 0 Å². The number of hydrogen-bond acceptors (Lipinski definition) is 14. The molecule has 14 heteroatoms. The Hall–Kier alpha value is -2.05. The van der Waals surface area contributed by atoms with Gasteiger partial charge in [-0.3, -0.25) is 4.79 Å². The van der Waals surface area contributed by atoms with E-state index in [1.54, 1.807) is 0 Å². The molecule has 0 aromatic carbocycles. The summed E-state index contributed by atoms with van der Waals surface area (Å²) >= 11 is 0. The van der Waals surface area contributed by atoms with E-state index in [0.717, 1.165) is 44.9 Å². The number of unbranched alkanes of at least 4 members (excludes halogenated alkanes) is 24. The molecule has 0 aromatic rings. The summed E-state index contributed by atoms with van der Waals surface area (Å²) in [6.45, 7) is 3.50. The van der Waals surface area contributed by atoms with Crippen LogP contribution in [0.1, 0.15) is 213 Å². The zero-order valence-corrected chi connectivity index (χ0v) is 44.9. The Labute approximate surface area is 435 Å². The molecule has 2 aliphatic heterocycles. The van der Waals surface area contributed by atoms with Crippen LogP contribution in [0.5, 0.6) is 0 Å². The quantitative estimate of drug-likeness (QED) is 0.0172. The Kier molecular flexibility index (Phi) is 41.4. The molecule has 14 nitrogen and oxygen atoms in total. The molecule has 11 atom stereocenters. The molecule has 0 aromatic heterocycles. The van der Waals surface area contributed by atoms with Gasteiger partial charge in [0, 0.05) is 13.0 Å². The van der Waals surface area contributed by atoms with Crippen molar-refractivity contribution in [1.82, 2.24) is 0 Å². The number of ether oxygens (including phenoxy) is 6. The van der Waals surface area contributed by atoms with Gasteiger partial charge in [-0.25, -0.2) is 0 Å². The first-order valence-electron chi connectivity index (χ1n) is 28.7. The number of carbonyl (C=O) groups excluding carboxylic acids is 1. The van der Waals surface area contributed by atoms with Crippen molar-refractivity contribution in [2.75, 3.05) is 33.0 Å². The highest BCUT2D eigenvalue weighted by molar-refractivity contribution is 5.69. The van der Waals surface area contributed by atoms with Crippen molar-refractivity contribution in [3.05, 3.63) is 48.6 Å². The first-order chi connectivity index (χ1) is 35.1. The fraction of sp³-hybridized carbons (Fsp3) is 0.845. The smallest absolute Gasteiger partial charge is 0.306 e. The number of hydrogen-bond donors (Lipinski definition) is 7. The van der Waals surface area contributed by atoms with Gasteiger partial charge in [0.2, 0.25) is 0 Å². The fourth-order valence-electron chi connectivity index (χ4n) is 9.01. The van der Waals surface area contributed by atoms with Crippen molar-refractivity contribution >= 4 is 5.97 Å². The number of aliphatic hydroxyl groups excluding tert-OH is 7.